The second kappa shape index (κ2) is 9.52. The van der Waals surface area contributed by atoms with E-state index in [2.05, 4.69) is 0 Å². The summed E-state index contributed by atoms with van der Waals surface area (Å²) in [5.41, 5.74) is 0.0820. The molecule has 0 aliphatic rings. The first-order valence-corrected chi connectivity index (χ1v) is 10.9. The molecule has 0 aliphatic carbocycles. The molecule has 0 saturated heterocycles. The molecule has 0 radical (unpaired) electrons. The number of sulfonamides is 1. The van der Waals surface area contributed by atoms with Gasteiger partial charge in [0.1, 0.15) is 0 Å². The monoisotopic (exact) mass is 412 g/mol. The summed E-state index contributed by atoms with van der Waals surface area (Å²) in [7, 11) is -2.24. The van der Waals surface area contributed by atoms with Crippen LogP contribution in [0.2, 0.25) is 0 Å². The van der Waals surface area contributed by atoms with Gasteiger partial charge in [0.15, 0.2) is 6.10 Å². The van der Waals surface area contributed by atoms with Crippen LogP contribution in [0.4, 0.5) is 0 Å². The minimum Gasteiger partial charge on any atom is -0.449 e. The van der Waals surface area contributed by atoms with E-state index in [1.54, 1.807) is 18.7 Å². The first kappa shape index (κ1) is 24.1. The van der Waals surface area contributed by atoms with Gasteiger partial charge in [-0.25, -0.2) is 13.2 Å². The van der Waals surface area contributed by atoms with E-state index in [4.69, 9.17) is 4.74 Å². The predicted molar refractivity (Wildman–Crippen MR) is 109 cm³/mol. The highest BCUT2D eigenvalue weighted by atomic mass is 32.2. The standard InChI is InChI=1S/C20H32N2O5S/c1-13(2)21(8)28(25,26)18-11-9-10-17(12-18)20(24)27-16(7)19(23)22(14(3)4)15(5)6/h9-16H,1-8H3/t16-/m1/s1. The van der Waals surface area contributed by atoms with Crippen LogP contribution in [0.5, 0.6) is 0 Å². The molecule has 0 bridgehead atoms. The molecule has 0 spiro atoms. The van der Waals surface area contributed by atoms with E-state index in [-0.39, 0.29) is 34.5 Å². The Hall–Kier alpha value is -1.93. The summed E-state index contributed by atoms with van der Waals surface area (Å²) in [6.07, 6.45) is -0.976. The smallest absolute Gasteiger partial charge is 0.338 e. The lowest BCUT2D eigenvalue weighted by Gasteiger charge is -2.32. The van der Waals surface area contributed by atoms with E-state index in [0.29, 0.717) is 0 Å². The van der Waals surface area contributed by atoms with Crippen molar-refractivity contribution in [1.82, 2.24) is 9.21 Å². The molecule has 158 valence electrons. The molecular weight excluding hydrogens is 380 g/mol. The minimum absolute atomic E-state index is 0.00289. The second-order valence-electron chi connectivity index (χ2n) is 7.62. The van der Waals surface area contributed by atoms with Crippen molar-refractivity contribution >= 4 is 21.9 Å². The van der Waals surface area contributed by atoms with Crippen molar-refractivity contribution in [3.05, 3.63) is 29.8 Å². The van der Waals surface area contributed by atoms with Crippen molar-refractivity contribution in [3.63, 3.8) is 0 Å². The maximum atomic E-state index is 12.6. The molecule has 0 N–H and O–H groups in total. The van der Waals surface area contributed by atoms with Crippen molar-refractivity contribution < 1.29 is 22.7 Å². The van der Waals surface area contributed by atoms with Crippen LogP contribution in [0.1, 0.15) is 58.8 Å². The van der Waals surface area contributed by atoms with Crippen LogP contribution in [-0.4, -0.2) is 60.8 Å². The second-order valence-corrected chi connectivity index (χ2v) is 9.62. The molecular formula is C20H32N2O5S. The Bertz CT molecular complexity index is 795. The van der Waals surface area contributed by atoms with Crippen molar-refractivity contribution in [2.75, 3.05) is 7.05 Å². The van der Waals surface area contributed by atoms with Gasteiger partial charge >= 0.3 is 5.97 Å². The fourth-order valence-corrected chi connectivity index (χ4v) is 4.24. The number of hydrogen-bond donors (Lipinski definition) is 0. The van der Waals surface area contributed by atoms with Gasteiger partial charge in [-0.15, -0.1) is 0 Å². The SMILES string of the molecule is CC(C)N(C(=O)[C@@H](C)OC(=O)c1cccc(S(=O)(=O)N(C)C(C)C)c1)C(C)C. The lowest BCUT2D eigenvalue weighted by Crippen LogP contribution is -2.47. The molecule has 8 heteroatoms. The van der Waals surface area contributed by atoms with Gasteiger partial charge in [0, 0.05) is 25.2 Å². The number of carbonyl (C=O) groups is 2. The Kier molecular flexibility index (Phi) is 8.19. The summed E-state index contributed by atoms with van der Waals surface area (Å²) in [6.45, 7) is 12.6. The molecule has 1 aromatic carbocycles. The third-order valence-corrected chi connectivity index (χ3v) is 6.50. The van der Waals surface area contributed by atoms with E-state index in [1.165, 1.54) is 42.5 Å². The van der Waals surface area contributed by atoms with Crippen LogP contribution in [-0.2, 0) is 19.6 Å². The minimum atomic E-state index is -3.72. The Morgan fingerprint density at radius 2 is 1.46 bits per heavy atom. The highest BCUT2D eigenvalue weighted by Gasteiger charge is 2.29. The Labute approximate surface area is 168 Å². The average molecular weight is 413 g/mol. The van der Waals surface area contributed by atoms with Crippen LogP contribution in [0.25, 0.3) is 0 Å². The molecule has 0 heterocycles. The van der Waals surface area contributed by atoms with E-state index in [1.807, 2.05) is 27.7 Å². The number of hydrogen-bond acceptors (Lipinski definition) is 5. The van der Waals surface area contributed by atoms with E-state index in [0.717, 1.165) is 0 Å². The van der Waals surface area contributed by atoms with E-state index < -0.39 is 22.1 Å². The van der Waals surface area contributed by atoms with Crippen molar-refractivity contribution in [2.24, 2.45) is 0 Å². The lowest BCUT2D eigenvalue weighted by atomic mass is 10.2. The topological polar surface area (TPSA) is 84.0 Å². The van der Waals surface area contributed by atoms with Crippen LogP contribution in [0.15, 0.2) is 29.2 Å². The molecule has 1 amide bonds. The first-order valence-electron chi connectivity index (χ1n) is 9.42. The summed E-state index contributed by atoms with van der Waals surface area (Å²) < 4.78 is 31.8. The summed E-state index contributed by atoms with van der Waals surface area (Å²) in [4.78, 5) is 26.8. The van der Waals surface area contributed by atoms with Crippen molar-refractivity contribution in [2.45, 2.75) is 77.6 Å². The zero-order valence-corrected chi connectivity index (χ0v) is 18.8. The number of benzene rings is 1. The molecule has 1 rings (SSSR count). The number of carbonyl (C=O) groups excluding carboxylic acids is 2. The molecule has 0 saturated carbocycles. The van der Waals surface area contributed by atoms with Crippen LogP contribution >= 0.6 is 0 Å². The van der Waals surface area contributed by atoms with Crippen LogP contribution in [0.3, 0.4) is 0 Å². The Morgan fingerprint density at radius 3 is 1.93 bits per heavy atom. The number of ether oxygens (including phenoxy) is 1. The highest BCUT2D eigenvalue weighted by Crippen LogP contribution is 2.19. The largest absolute Gasteiger partial charge is 0.449 e. The van der Waals surface area contributed by atoms with Gasteiger partial charge < -0.3 is 9.64 Å². The summed E-state index contributed by atoms with van der Waals surface area (Å²) >= 11 is 0. The van der Waals surface area contributed by atoms with E-state index >= 15 is 0 Å². The highest BCUT2D eigenvalue weighted by molar-refractivity contribution is 7.89. The number of esters is 1. The summed E-state index contributed by atoms with van der Waals surface area (Å²) in [6, 6.07) is 5.36. The molecule has 0 aromatic heterocycles. The van der Waals surface area contributed by atoms with Crippen LogP contribution in [0, 0.1) is 0 Å². The van der Waals surface area contributed by atoms with Gasteiger partial charge in [0.05, 0.1) is 10.5 Å². The fourth-order valence-electron chi connectivity index (χ4n) is 2.82. The Morgan fingerprint density at radius 1 is 0.929 bits per heavy atom. The fraction of sp³-hybridized carbons (Fsp3) is 0.600. The van der Waals surface area contributed by atoms with E-state index in [9.17, 15) is 18.0 Å². The predicted octanol–water partition coefficient (Wildman–Crippen LogP) is 2.91. The molecule has 0 fully saturated rings. The summed E-state index contributed by atoms with van der Waals surface area (Å²) in [5, 5.41) is 0. The maximum absolute atomic E-state index is 12.6. The normalized spacial score (nSPS) is 13.3. The zero-order valence-electron chi connectivity index (χ0n) is 18.0. The molecule has 0 aliphatic heterocycles. The molecule has 28 heavy (non-hydrogen) atoms. The summed E-state index contributed by atoms with van der Waals surface area (Å²) in [5.74, 6) is -1.03. The van der Waals surface area contributed by atoms with Crippen molar-refractivity contribution in [3.8, 4) is 0 Å². The molecule has 7 nitrogen and oxygen atoms in total. The number of nitrogens with zero attached hydrogens (tertiary/aromatic N) is 2. The van der Waals surface area contributed by atoms with Gasteiger partial charge in [-0.05, 0) is 66.7 Å². The average Bonchev–Trinajstić information content (AvgIpc) is 2.60. The number of rotatable bonds is 8. The quantitative estimate of drug-likeness (QED) is 0.613. The van der Waals surface area contributed by atoms with Gasteiger partial charge in [0.2, 0.25) is 10.0 Å². The van der Waals surface area contributed by atoms with Gasteiger partial charge in [-0.1, -0.05) is 6.07 Å². The molecule has 0 unspecified atom stereocenters. The first-order chi connectivity index (χ1) is 12.8. The lowest BCUT2D eigenvalue weighted by molar-refractivity contribution is -0.143. The van der Waals surface area contributed by atoms with Crippen LogP contribution < -0.4 is 0 Å². The number of amides is 1. The zero-order chi connectivity index (χ0) is 21.8. The van der Waals surface area contributed by atoms with Gasteiger partial charge in [0.25, 0.3) is 5.91 Å². The Balaban J connectivity index is 3.04. The van der Waals surface area contributed by atoms with Gasteiger partial charge in [-0.2, -0.15) is 4.31 Å². The van der Waals surface area contributed by atoms with Crippen molar-refractivity contribution in [1.29, 1.82) is 0 Å². The third-order valence-electron chi connectivity index (χ3n) is 4.47. The molecule has 1 aromatic rings. The molecule has 1 atom stereocenters. The van der Waals surface area contributed by atoms with Gasteiger partial charge in [-0.3, -0.25) is 4.79 Å². The third kappa shape index (κ3) is 5.54. The maximum Gasteiger partial charge on any atom is 0.338 e.